The molecule has 1 N–H and O–H groups in total. The van der Waals surface area contributed by atoms with Gasteiger partial charge in [0.15, 0.2) is 11.6 Å². The molecule has 0 heterocycles. The SMILES string of the molecule is N#Cc1ccc(OCc2ccc(C(=O)O)cc2Br)c(F)c1. The minimum Gasteiger partial charge on any atom is -0.486 e. The number of aromatic carboxylic acids is 1. The Morgan fingerprint density at radius 3 is 2.67 bits per heavy atom. The van der Waals surface area contributed by atoms with Crippen LogP contribution in [-0.4, -0.2) is 11.1 Å². The van der Waals surface area contributed by atoms with Crippen LogP contribution in [0.4, 0.5) is 4.39 Å². The molecule has 0 amide bonds. The molecule has 4 nitrogen and oxygen atoms in total. The molecular formula is C15H9BrFNO3. The number of carboxylic acid groups (broad SMARTS) is 1. The monoisotopic (exact) mass is 349 g/mol. The van der Waals surface area contributed by atoms with Gasteiger partial charge < -0.3 is 9.84 Å². The Morgan fingerprint density at radius 1 is 1.33 bits per heavy atom. The normalized spacial score (nSPS) is 9.95. The van der Waals surface area contributed by atoms with Gasteiger partial charge in [-0.25, -0.2) is 9.18 Å². The molecule has 0 saturated heterocycles. The minimum absolute atomic E-state index is 0.0308. The zero-order valence-electron chi connectivity index (χ0n) is 10.6. The number of rotatable bonds is 4. The summed E-state index contributed by atoms with van der Waals surface area (Å²) in [6.45, 7) is 0.0727. The number of hydrogen-bond donors (Lipinski definition) is 1. The van der Waals surface area contributed by atoms with Crippen LogP contribution in [0, 0.1) is 17.1 Å². The molecule has 0 aromatic heterocycles. The molecule has 106 valence electrons. The maximum atomic E-state index is 13.6. The molecule has 0 fully saturated rings. The largest absolute Gasteiger partial charge is 0.486 e. The van der Waals surface area contributed by atoms with E-state index < -0.39 is 11.8 Å². The van der Waals surface area contributed by atoms with Crippen molar-refractivity contribution in [1.82, 2.24) is 0 Å². The Hall–Kier alpha value is -2.39. The summed E-state index contributed by atoms with van der Waals surface area (Å²) in [7, 11) is 0. The van der Waals surface area contributed by atoms with E-state index in [-0.39, 0.29) is 23.5 Å². The van der Waals surface area contributed by atoms with Crippen molar-refractivity contribution in [2.24, 2.45) is 0 Å². The highest BCUT2D eigenvalue weighted by Gasteiger charge is 2.09. The highest BCUT2D eigenvalue weighted by molar-refractivity contribution is 9.10. The Labute approximate surface area is 128 Å². The van der Waals surface area contributed by atoms with Crippen LogP contribution >= 0.6 is 15.9 Å². The second-order valence-corrected chi connectivity index (χ2v) is 5.01. The number of hydrogen-bond acceptors (Lipinski definition) is 3. The van der Waals surface area contributed by atoms with Crippen LogP contribution in [0.1, 0.15) is 21.5 Å². The van der Waals surface area contributed by atoms with Gasteiger partial charge in [-0.2, -0.15) is 5.26 Å². The highest BCUT2D eigenvalue weighted by Crippen LogP contribution is 2.23. The Balaban J connectivity index is 2.13. The second-order valence-electron chi connectivity index (χ2n) is 4.16. The topological polar surface area (TPSA) is 70.3 Å². The number of carbonyl (C=O) groups is 1. The van der Waals surface area contributed by atoms with Gasteiger partial charge in [-0.1, -0.05) is 22.0 Å². The summed E-state index contributed by atoms with van der Waals surface area (Å²) in [6.07, 6.45) is 0. The van der Waals surface area contributed by atoms with Crippen LogP contribution in [0.2, 0.25) is 0 Å². The van der Waals surface area contributed by atoms with E-state index in [0.29, 0.717) is 10.0 Å². The van der Waals surface area contributed by atoms with Crippen LogP contribution in [0.3, 0.4) is 0 Å². The molecule has 0 radical (unpaired) electrons. The Morgan fingerprint density at radius 2 is 2.10 bits per heavy atom. The first-order chi connectivity index (χ1) is 10.0. The van der Waals surface area contributed by atoms with E-state index in [0.717, 1.165) is 6.07 Å². The van der Waals surface area contributed by atoms with Crippen molar-refractivity contribution < 1.29 is 19.0 Å². The van der Waals surface area contributed by atoms with Crippen LogP contribution < -0.4 is 4.74 Å². The zero-order chi connectivity index (χ0) is 15.4. The van der Waals surface area contributed by atoms with Crippen molar-refractivity contribution in [1.29, 1.82) is 5.26 Å². The van der Waals surface area contributed by atoms with Crippen LogP contribution in [0.15, 0.2) is 40.9 Å². The quantitative estimate of drug-likeness (QED) is 0.912. The molecule has 0 saturated carbocycles. The van der Waals surface area contributed by atoms with E-state index in [2.05, 4.69) is 15.9 Å². The zero-order valence-corrected chi connectivity index (χ0v) is 12.2. The van der Waals surface area contributed by atoms with Crippen molar-refractivity contribution in [2.45, 2.75) is 6.61 Å². The number of carboxylic acids is 1. The molecule has 2 aromatic carbocycles. The average Bonchev–Trinajstić information content (AvgIpc) is 2.46. The molecule has 21 heavy (non-hydrogen) atoms. The summed E-state index contributed by atoms with van der Waals surface area (Å²) < 4.78 is 19.6. The van der Waals surface area contributed by atoms with Crippen LogP contribution in [-0.2, 0) is 6.61 Å². The lowest BCUT2D eigenvalue weighted by molar-refractivity contribution is 0.0696. The lowest BCUT2D eigenvalue weighted by atomic mass is 10.1. The summed E-state index contributed by atoms with van der Waals surface area (Å²) in [5, 5.41) is 17.5. The molecule has 0 spiro atoms. The van der Waals surface area contributed by atoms with Crippen LogP contribution in [0.25, 0.3) is 0 Å². The fourth-order valence-corrected chi connectivity index (χ4v) is 2.13. The summed E-state index contributed by atoms with van der Waals surface area (Å²) in [5.41, 5.74) is 1.05. The molecule has 0 aliphatic rings. The van der Waals surface area contributed by atoms with Gasteiger partial charge in [-0.05, 0) is 30.3 Å². The molecule has 6 heteroatoms. The van der Waals surface area contributed by atoms with Crippen molar-refractivity contribution >= 4 is 21.9 Å². The second kappa shape index (κ2) is 6.37. The first-order valence-corrected chi connectivity index (χ1v) is 6.64. The predicted molar refractivity (Wildman–Crippen MR) is 76.5 cm³/mol. The van der Waals surface area contributed by atoms with Gasteiger partial charge in [0.2, 0.25) is 0 Å². The molecule has 0 atom stereocenters. The van der Waals surface area contributed by atoms with Crippen molar-refractivity contribution in [2.75, 3.05) is 0 Å². The maximum Gasteiger partial charge on any atom is 0.335 e. The van der Waals surface area contributed by atoms with E-state index in [4.69, 9.17) is 15.1 Å². The fourth-order valence-electron chi connectivity index (χ4n) is 1.64. The Bertz CT molecular complexity index is 740. The van der Waals surface area contributed by atoms with Crippen LogP contribution in [0.5, 0.6) is 5.75 Å². The van der Waals surface area contributed by atoms with Gasteiger partial charge in [-0.15, -0.1) is 0 Å². The van der Waals surface area contributed by atoms with Crippen molar-refractivity contribution in [3.8, 4) is 11.8 Å². The van der Waals surface area contributed by atoms with Crippen molar-refractivity contribution in [3.63, 3.8) is 0 Å². The molecule has 0 unspecified atom stereocenters. The van der Waals surface area contributed by atoms with Gasteiger partial charge >= 0.3 is 5.97 Å². The number of halogens is 2. The average molecular weight is 350 g/mol. The molecule has 2 aromatic rings. The first kappa shape index (κ1) is 15.0. The summed E-state index contributed by atoms with van der Waals surface area (Å²) in [6, 6.07) is 10.3. The highest BCUT2D eigenvalue weighted by atomic mass is 79.9. The molecule has 0 aliphatic carbocycles. The molecule has 0 bridgehead atoms. The van der Waals surface area contributed by atoms with Gasteiger partial charge in [0, 0.05) is 10.0 Å². The van der Waals surface area contributed by atoms with E-state index in [1.54, 1.807) is 6.07 Å². The van der Waals surface area contributed by atoms with E-state index in [1.165, 1.54) is 24.3 Å². The smallest absolute Gasteiger partial charge is 0.335 e. The molecule has 0 aliphatic heterocycles. The number of nitriles is 1. The molecular weight excluding hydrogens is 341 g/mol. The Kier molecular flexibility index (Phi) is 4.55. The standard InChI is InChI=1S/C15H9BrFNO3/c16-12-6-10(15(19)20)2-3-11(12)8-21-14-4-1-9(7-18)5-13(14)17/h1-6H,8H2,(H,19,20). The minimum atomic E-state index is -1.03. The molecule has 2 rings (SSSR count). The number of benzene rings is 2. The maximum absolute atomic E-state index is 13.6. The fraction of sp³-hybridized carbons (Fsp3) is 0.0667. The van der Waals surface area contributed by atoms with E-state index in [9.17, 15) is 9.18 Å². The van der Waals surface area contributed by atoms with Gasteiger partial charge in [0.1, 0.15) is 6.61 Å². The third kappa shape index (κ3) is 3.58. The summed E-state index contributed by atoms with van der Waals surface area (Å²) in [4.78, 5) is 10.8. The van der Waals surface area contributed by atoms with Gasteiger partial charge in [-0.3, -0.25) is 0 Å². The van der Waals surface area contributed by atoms with Gasteiger partial charge in [0.25, 0.3) is 0 Å². The summed E-state index contributed by atoms with van der Waals surface area (Å²) in [5.74, 6) is -1.61. The van der Waals surface area contributed by atoms with E-state index >= 15 is 0 Å². The van der Waals surface area contributed by atoms with Crippen molar-refractivity contribution in [3.05, 3.63) is 63.4 Å². The van der Waals surface area contributed by atoms with E-state index in [1.807, 2.05) is 6.07 Å². The lowest BCUT2D eigenvalue weighted by Gasteiger charge is -2.09. The number of ether oxygens (including phenoxy) is 1. The lowest BCUT2D eigenvalue weighted by Crippen LogP contribution is -2.01. The third-order valence-electron chi connectivity index (χ3n) is 2.74. The number of nitrogens with zero attached hydrogens (tertiary/aromatic N) is 1. The third-order valence-corrected chi connectivity index (χ3v) is 3.48. The predicted octanol–water partition coefficient (Wildman–Crippen LogP) is 3.74. The summed E-state index contributed by atoms with van der Waals surface area (Å²) >= 11 is 3.25. The first-order valence-electron chi connectivity index (χ1n) is 5.85. The van der Waals surface area contributed by atoms with Gasteiger partial charge in [0.05, 0.1) is 17.2 Å².